The Kier molecular flexibility index (Phi) is 3.50. The number of fused-ring (bicyclic) bond motifs is 1. The van der Waals surface area contributed by atoms with E-state index in [9.17, 15) is 19.8 Å². The Hall–Kier alpha value is -1.80. The van der Waals surface area contributed by atoms with E-state index in [4.69, 9.17) is 9.84 Å². The van der Waals surface area contributed by atoms with Crippen molar-refractivity contribution in [2.75, 3.05) is 11.5 Å². The van der Waals surface area contributed by atoms with Gasteiger partial charge in [-0.2, -0.15) is 0 Å². The predicted octanol–water partition coefficient (Wildman–Crippen LogP) is -0.955. The molecule has 0 bridgehead atoms. The Bertz CT molecular complexity index is 589. The van der Waals surface area contributed by atoms with Gasteiger partial charge in [0.2, 0.25) is 5.91 Å². The first-order valence-corrected chi connectivity index (χ1v) is 6.61. The lowest BCUT2D eigenvalue weighted by Gasteiger charge is -2.34. The van der Waals surface area contributed by atoms with Crippen LogP contribution in [0.2, 0.25) is 0 Å². The van der Waals surface area contributed by atoms with Crippen LogP contribution in [0.4, 0.5) is 5.69 Å². The number of aliphatic hydroxyl groups is 3. The fourth-order valence-corrected chi connectivity index (χ4v) is 2.74. The molecule has 0 radical (unpaired) electrons. The second-order valence-corrected chi connectivity index (χ2v) is 5.11. The molecule has 2 heterocycles. The number of amides is 1. The SMILES string of the molecule is O=C1CC(=O)N([C@@H]2O[C@H](CO)[C@@H](O)[C@H]2O)c2ccccc21. The average molecular weight is 293 g/mol. The van der Waals surface area contributed by atoms with Crippen molar-refractivity contribution in [3.05, 3.63) is 29.8 Å². The fraction of sp³-hybridized carbons (Fsp3) is 0.429. The van der Waals surface area contributed by atoms with Gasteiger partial charge in [-0.1, -0.05) is 12.1 Å². The molecule has 0 saturated carbocycles. The monoisotopic (exact) mass is 293 g/mol. The van der Waals surface area contributed by atoms with Gasteiger partial charge in [-0.25, -0.2) is 0 Å². The Balaban J connectivity index is 2.00. The third-order valence-electron chi connectivity index (χ3n) is 3.82. The van der Waals surface area contributed by atoms with Gasteiger partial charge in [0.05, 0.1) is 18.7 Å². The van der Waals surface area contributed by atoms with Crippen LogP contribution in [0.3, 0.4) is 0 Å². The Morgan fingerprint density at radius 3 is 2.57 bits per heavy atom. The Labute approximate surface area is 120 Å². The second-order valence-electron chi connectivity index (χ2n) is 5.11. The van der Waals surface area contributed by atoms with Gasteiger partial charge in [0, 0.05) is 5.56 Å². The first kappa shape index (κ1) is 14.2. The molecule has 1 amide bonds. The minimum Gasteiger partial charge on any atom is -0.394 e. The van der Waals surface area contributed by atoms with E-state index in [1.54, 1.807) is 24.3 Å². The maximum Gasteiger partial charge on any atom is 0.237 e. The van der Waals surface area contributed by atoms with Crippen LogP contribution in [0.25, 0.3) is 0 Å². The standard InChI is InChI=1S/C14H15NO6/c16-6-10-12(19)13(20)14(21-10)15-8-4-2-1-3-7(8)9(17)5-11(15)18/h1-4,10,12-14,16,19-20H,5-6H2/t10-,12-,13-,14-/m1/s1. The second kappa shape index (κ2) is 5.19. The number of ketones is 1. The molecule has 21 heavy (non-hydrogen) atoms. The van der Waals surface area contributed by atoms with Crippen molar-refractivity contribution < 1.29 is 29.6 Å². The molecule has 3 rings (SSSR count). The lowest BCUT2D eigenvalue weighted by atomic mass is 9.98. The van der Waals surface area contributed by atoms with Crippen LogP contribution in [-0.2, 0) is 9.53 Å². The number of hydrogen-bond donors (Lipinski definition) is 3. The lowest BCUT2D eigenvalue weighted by Crippen LogP contribution is -2.50. The number of rotatable bonds is 2. The van der Waals surface area contributed by atoms with Crippen molar-refractivity contribution >= 4 is 17.4 Å². The fourth-order valence-electron chi connectivity index (χ4n) is 2.74. The average Bonchev–Trinajstić information content (AvgIpc) is 2.75. The molecule has 1 aromatic carbocycles. The molecule has 2 aliphatic heterocycles. The third kappa shape index (κ3) is 2.14. The summed E-state index contributed by atoms with van der Waals surface area (Å²) in [6.45, 7) is -0.475. The van der Waals surface area contributed by atoms with Crippen LogP contribution in [0, 0.1) is 0 Å². The van der Waals surface area contributed by atoms with Crippen molar-refractivity contribution in [2.24, 2.45) is 0 Å². The molecule has 0 spiro atoms. The number of para-hydroxylation sites is 1. The molecular weight excluding hydrogens is 278 g/mol. The largest absolute Gasteiger partial charge is 0.394 e. The number of aliphatic hydroxyl groups excluding tert-OH is 3. The number of carbonyl (C=O) groups excluding carboxylic acids is 2. The summed E-state index contributed by atoms with van der Waals surface area (Å²) in [5.41, 5.74) is 0.712. The quantitative estimate of drug-likeness (QED) is 0.607. The lowest BCUT2D eigenvalue weighted by molar-refractivity contribution is -0.122. The van der Waals surface area contributed by atoms with Gasteiger partial charge in [-0.05, 0) is 12.1 Å². The normalized spacial score (nSPS) is 32.4. The zero-order valence-electron chi connectivity index (χ0n) is 11.0. The predicted molar refractivity (Wildman–Crippen MR) is 70.6 cm³/mol. The van der Waals surface area contributed by atoms with Crippen molar-refractivity contribution in [2.45, 2.75) is 31.0 Å². The van der Waals surface area contributed by atoms with E-state index in [0.29, 0.717) is 11.3 Å². The van der Waals surface area contributed by atoms with Gasteiger partial charge in [0.1, 0.15) is 18.3 Å². The molecule has 112 valence electrons. The highest BCUT2D eigenvalue weighted by Crippen LogP contribution is 2.34. The number of ether oxygens (including phenoxy) is 1. The summed E-state index contributed by atoms with van der Waals surface area (Å²) in [6.07, 6.45) is -5.06. The molecule has 1 aromatic rings. The van der Waals surface area contributed by atoms with Gasteiger partial charge < -0.3 is 20.1 Å². The van der Waals surface area contributed by atoms with E-state index in [2.05, 4.69) is 0 Å². The van der Waals surface area contributed by atoms with Gasteiger partial charge in [-0.15, -0.1) is 0 Å². The summed E-state index contributed by atoms with van der Waals surface area (Å²) < 4.78 is 5.38. The van der Waals surface area contributed by atoms with E-state index in [-0.39, 0.29) is 12.2 Å². The van der Waals surface area contributed by atoms with Crippen LogP contribution in [-0.4, -0.2) is 58.2 Å². The van der Waals surface area contributed by atoms with Crippen LogP contribution < -0.4 is 4.90 Å². The topological polar surface area (TPSA) is 107 Å². The highest BCUT2D eigenvalue weighted by Gasteiger charge is 2.48. The molecule has 4 atom stereocenters. The summed E-state index contributed by atoms with van der Waals surface area (Å²) in [4.78, 5) is 25.2. The van der Waals surface area contributed by atoms with Crippen molar-refractivity contribution in [1.29, 1.82) is 0 Å². The van der Waals surface area contributed by atoms with E-state index in [1.165, 1.54) is 4.90 Å². The van der Waals surface area contributed by atoms with Crippen molar-refractivity contribution in [3.8, 4) is 0 Å². The van der Waals surface area contributed by atoms with E-state index in [0.717, 1.165) is 0 Å². The molecule has 1 saturated heterocycles. The molecular formula is C14H15NO6. The molecule has 0 aliphatic carbocycles. The Morgan fingerprint density at radius 2 is 1.90 bits per heavy atom. The molecule has 0 aromatic heterocycles. The minimum absolute atomic E-state index is 0.293. The van der Waals surface area contributed by atoms with Gasteiger partial charge in [-0.3, -0.25) is 14.5 Å². The molecule has 7 heteroatoms. The van der Waals surface area contributed by atoms with Crippen molar-refractivity contribution in [3.63, 3.8) is 0 Å². The molecule has 0 unspecified atom stereocenters. The van der Waals surface area contributed by atoms with Crippen LogP contribution >= 0.6 is 0 Å². The van der Waals surface area contributed by atoms with Crippen molar-refractivity contribution in [1.82, 2.24) is 0 Å². The molecule has 2 aliphatic rings. The summed E-state index contributed by atoms with van der Waals surface area (Å²) in [6, 6.07) is 6.53. The van der Waals surface area contributed by atoms with Gasteiger partial charge in [0.25, 0.3) is 0 Å². The first-order valence-electron chi connectivity index (χ1n) is 6.61. The smallest absolute Gasteiger partial charge is 0.237 e. The number of anilines is 1. The number of nitrogens with zero attached hydrogens (tertiary/aromatic N) is 1. The van der Waals surface area contributed by atoms with E-state index in [1.807, 2.05) is 0 Å². The molecule has 1 fully saturated rings. The zero-order valence-corrected chi connectivity index (χ0v) is 11.0. The maximum atomic E-state index is 12.2. The zero-order chi connectivity index (χ0) is 15.1. The number of Topliss-reactive ketones (excluding diaryl/α,β-unsaturated/α-hetero) is 1. The van der Waals surface area contributed by atoms with Crippen LogP contribution in [0.5, 0.6) is 0 Å². The summed E-state index contributed by atoms with van der Waals surface area (Å²) in [5.74, 6) is -0.799. The van der Waals surface area contributed by atoms with Gasteiger partial charge in [0.15, 0.2) is 12.0 Å². The summed E-state index contributed by atoms with van der Waals surface area (Å²) in [7, 11) is 0. The van der Waals surface area contributed by atoms with E-state index < -0.39 is 37.1 Å². The number of carbonyl (C=O) groups is 2. The Morgan fingerprint density at radius 1 is 1.19 bits per heavy atom. The minimum atomic E-state index is -1.35. The van der Waals surface area contributed by atoms with Crippen LogP contribution in [0.15, 0.2) is 24.3 Å². The van der Waals surface area contributed by atoms with E-state index >= 15 is 0 Å². The maximum absolute atomic E-state index is 12.2. The van der Waals surface area contributed by atoms with Gasteiger partial charge >= 0.3 is 0 Å². The molecule has 7 nitrogen and oxygen atoms in total. The molecule has 3 N–H and O–H groups in total. The summed E-state index contributed by atoms with van der Waals surface area (Å²) in [5, 5.41) is 29.0. The summed E-state index contributed by atoms with van der Waals surface area (Å²) >= 11 is 0. The highest BCUT2D eigenvalue weighted by molar-refractivity contribution is 6.19. The van der Waals surface area contributed by atoms with Crippen LogP contribution in [0.1, 0.15) is 16.8 Å². The number of hydrogen-bond acceptors (Lipinski definition) is 6. The first-order chi connectivity index (χ1) is 10.0. The third-order valence-corrected chi connectivity index (χ3v) is 3.82. The number of benzene rings is 1. The highest BCUT2D eigenvalue weighted by atomic mass is 16.6.